The van der Waals surface area contributed by atoms with E-state index in [1.54, 1.807) is 19.5 Å². The molecule has 88 valence electrons. The van der Waals surface area contributed by atoms with Crippen LogP contribution in [0.25, 0.3) is 0 Å². The van der Waals surface area contributed by atoms with E-state index in [-0.39, 0.29) is 6.10 Å². The quantitative estimate of drug-likeness (QED) is 0.806. The number of ether oxygens (including phenoxy) is 1. The summed E-state index contributed by atoms with van der Waals surface area (Å²) in [5, 5.41) is 0. The summed E-state index contributed by atoms with van der Waals surface area (Å²) in [4.78, 5) is 10.5. The predicted octanol–water partition coefficient (Wildman–Crippen LogP) is 0.920. The van der Waals surface area contributed by atoms with Crippen molar-refractivity contribution in [2.24, 2.45) is 5.92 Å². The van der Waals surface area contributed by atoms with Gasteiger partial charge in [0.1, 0.15) is 0 Å². The topological polar surface area (TPSA) is 64.3 Å². The van der Waals surface area contributed by atoms with Gasteiger partial charge in [0.2, 0.25) is 0 Å². The summed E-state index contributed by atoms with van der Waals surface area (Å²) in [5.74, 6) is 1.85. The number of nitrogens with two attached hydrogens (primary N) is 1. The molecule has 1 aliphatic rings. The molecule has 1 aromatic rings. The molecule has 2 heterocycles. The van der Waals surface area contributed by atoms with Gasteiger partial charge in [-0.1, -0.05) is 6.92 Å². The zero-order valence-corrected chi connectivity index (χ0v) is 9.76. The number of nitrogen functional groups attached to an aromatic ring is 1. The van der Waals surface area contributed by atoms with E-state index in [0.717, 1.165) is 25.3 Å². The fraction of sp³-hybridized carbons (Fsp3) is 0.636. The molecule has 0 spiro atoms. The van der Waals surface area contributed by atoms with Gasteiger partial charge in [-0.2, -0.15) is 0 Å². The third-order valence-corrected chi connectivity index (χ3v) is 3.20. The third kappa shape index (κ3) is 2.09. The monoisotopic (exact) mass is 222 g/mol. The molecular formula is C11H18N4O. The molecule has 1 fully saturated rings. The number of methoxy groups -OCH3 is 1. The molecule has 2 N–H and O–H groups in total. The van der Waals surface area contributed by atoms with Crippen molar-refractivity contribution in [2.45, 2.75) is 19.4 Å². The third-order valence-electron chi connectivity index (χ3n) is 3.20. The minimum absolute atomic E-state index is 0.246. The smallest absolute Gasteiger partial charge is 0.171 e. The highest BCUT2D eigenvalue weighted by atomic mass is 16.5. The van der Waals surface area contributed by atoms with Crippen LogP contribution in [0.5, 0.6) is 0 Å². The SMILES string of the molecule is COC1CN(c2nccnc2N)CCC1C. The predicted molar refractivity (Wildman–Crippen MR) is 63.2 cm³/mol. The van der Waals surface area contributed by atoms with Crippen LogP contribution in [0.2, 0.25) is 0 Å². The van der Waals surface area contributed by atoms with Gasteiger partial charge < -0.3 is 15.4 Å². The average Bonchev–Trinajstić information content (AvgIpc) is 2.31. The van der Waals surface area contributed by atoms with E-state index >= 15 is 0 Å². The van der Waals surface area contributed by atoms with Crippen LogP contribution in [0.3, 0.4) is 0 Å². The summed E-state index contributed by atoms with van der Waals surface area (Å²) in [6.07, 6.45) is 4.62. The molecule has 2 rings (SSSR count). The Bertz CT molecular complexity index is 358. The Balaban J connectivity index is 2.14. The molecule has 0 bridgehead atoms. The molecule has 0 aromatic carbocycles. The Hall–Kier alpha value is -1.36. The van der Waals surface area contributed by atoms with Crippen LogP contribution in [-0.4, -0.2) is 36.3 Å². The van der Waals surface area contributed by atoms with Gasteiger partial charge >= 0.3 is 0 Å². The number of aromatic nitrogens is 2. The van der Waals surface area contributed by atoms with Crippen LogP contribution in [0, 0.1) is 5.92 Å². The second-order valence-electron chi connectivity index (χ2n) is 4.25. The van der Waals surface area contributed by atoms with E-state index in [2.05, 4.69) is 21.8 Å². The second-order valence-corrected chi connectivity index (χ2v) is 4.25. The summed E-state index contributed by atoms with van der Waals surface area (Å²) in [6, 6.07) is 0. The van der Waals surface area contributed by atoms with Crippen LogP contribution >= 0.6 is 0 Å². The lowest BCUT2D eigenvalue weighted by atomic mass is 9.96. The van der Waals surface area contributed by atoms with Gasteiger partial charge in [0.05, 0.1) is 6.10 Å². The second kappa shape index (κ2) is 4.65. The van der Waals surface area contributed by atoms with Gasteiger partial charge in [-0.3, -0.25) is 0 Å². The molecule has 5 heteroatoms. The fourth-order valence-corrected chi connectivity index (χ4v) is 2.12. The first-order valence-electron chi connectivity index (χ1n) is 5.56. The van der Waals surface area contributed by atoms with E-state index in [4.69, 9.17) is 10.5 Å². The fourth-order valence-electron chi connectivity index (χ4n) is 2.12. The van der Waals surface area contributed by atoms with E-state index in [9.17, 15) is 0 Å². The van der Waals surface area contributed by atoms with Gasteiger partial charge in [-0.25, -0.2) is 9.97 Å². The molecule has 5 nitrogen and oxygen atoms in total. The van der Waals surface area contributed by atoms with E-state index < -0.39 is 0 Å². The van der Waals surface area contributed by atoms with E-state index in [1.165, 1.54) is 0 Å². The molecule has 0 saturated carbocycles. The van der Waals surface area contributed by atoms with Crippen LogP contribution in [-0.2, 0) is 4.74 Å². The molecule has 0 amide bonds. The van der Waals surface area contributed by atoms with Crippen LogP contribution < -0.4 is 10.6 Å². The molecule has 16 heavy (non-hydrogen) atoms. The van der Waals surface area contributed by atoms with E-state index in [0.29, 0.717) is 11.7 Å². The first-order valence-corrected chi connectivity index (χ1v) is 5.56. The lowest BCUT2D eigenvalue weighted by Crippen LogP contribution is -2.44. The molecule has 2 atom stereocenters. The van der Waals surface area contributed by atoms with Crippen LogP contribution in [0.1, 0.15) is 13.3 Å². The molecule has 2 unspecified atom stereocenters. The Morgan fingerprint density at radius 3 is 2.88 bits per heavy atom. The van der Waals surface area contributed by atoms with Crippen molar-refractivity contribution in [1.82, 2.24) is 9.97 Å². The van der Waals surface area contributed by atoms with Gasteiger partial charge in [0.15, 0.2) is 11.6 Å². The molecule has 1 saturated heterocycles. The maximum absolute atomic E-state index is 5.82. The molecule has 1 aromatic heterocycles. The molecule has 0 aliphatic carbocycles. The van der Waals surface area contributed by atoms with Crippen molar-refractivity contribution >= 4 is 11.6 Å². The Morgan fingerprint density at radius 2 is 2.19 bits per heavy atom. The normalized spacial score (nSPS) is 25.8. The number of hydrogen-bond donors (Lipinski definition) is 1. The maximum atomic E-state index is 5.82. The standard InChI is InChI=1S/C11H18N4O/c1-8-3-6-15(7-9(8)16-2)11-10(12)13-4-5-14-11/h4-5,8-9H,3,6-7H2,1-2H3,(H2,12,13). The van der Waals surface area contributed by atoms with Crippen molar-refractivity contribution in [3.8, 4) is 0 Å². The Morgan fingerprint density at radius 1 is 1.44 bits per heavy atom. The van der Waals surface area contributed by atoms with Crippen LogP contribution in [0.15, 0.2) is 12.4 Å². The lowest BCUT2D eigenvalue weighted by molar-refractivity contribution is 0.0497. The summed E-state index contributed by atoms with van der Waals surface area (Å²) < 4.78 is 5.46. The number of piperidine rings is 1. The minimum Gasteiger partial charge on any atom is -0.381 e. The molecular weight excluding hydrogens is 204 g/mol. The highest BCUT2D eigenvalue weighted by molar-refractivity contribution is 5.57. The highest BCUT2D eigenvalue weighted by Crippen LogP contribution is 2.25. The van der Waals surface area contributed by atoms with Crippen molar-refractivity contribution in [2.75, 3.05) is 30.8 Å². The number of anilines is 2. The zero-order valence-electron chi connectivity index (χ0n) is 9.76. The van der Waals surface area contributed by atoms with Gasteiger partial charge in [0.25, 0.3) is 0 Å². The first kappa shape index (κ1) is 11.1. The Labute approximate surface area is 95.6 Å². The van der Waals surface area contributed by atoms with E-state index in [1.807, 2.05) is 0 Å². The number of nitrogens with zero attached hydrogens (tertiary/aromatic N) is 3. The highest BCUT2D eigenvalue weighted by Gasteiger charge is 2.27. The molecule has 0 radical (unpaired) electrons. The van der Waals surface area contributed by atoms with Crippen molar-refractivity contribution < 1.29 is 4.74 Å². The Kier molecular flexibility index (Phi) is 3.24. The summed E-state index contributed by atoms with van der Waals surface area (Å²) >= 11 is 0. The first-order chi connectivity index (χ1) is 7.72. The van der Waals surface area contributed by atoms with Crippen LogP contribution in [0.4, 0.5) is 11.6 Å². The minimum atomic E-state index is 0.246. The van der Waals surface area contributed by atoms with Crippen molar-refractivity contribution in [3.63, 3.8) is 0 Å². The van der Waals surface area contributed by atoms with Crippen molar-refractivity contribution in [3.05, 3.63) is 12.4 Å². The summed E-state index contributed by atoms with van der Waals surface area (Å²) in [5.41, 5.74) is 5.82. The maximum Gasteiger partial charge on any atom is 0.171 e. The van der Waals surface area contributed by atoms with Crippen molar-refractivity contribution in [1.29, 1.82) is 0 Å². The largest absolute Gasteiger partial charge is 0.381 e. The van der Waals surface area contributed by atoms with Gasteiger partial charge in [-0.15, -0.1) is 0 Å². The average molecular weight is 222 g/mol. The number of rotatable bonds is 2. The molecule has 1 aliphatic heterocycles. The zero-order chi connectivity index (χ0) is 11.5. The summed E-state index contributed by atoms with van der Waals surface area (Å²) in [7, 11) is 1.75. The van der Waals surface area contributed by atoms with Gasteiger partial charge in [0, 0.05) is 32.6 Å². The number of hydrogen-bond acceptors (Lipinski definition) is 5. The lowest BCUT2D eigenvalue weighted by Gasteiger charge is -2.36. The summed E-state index contributed by atoms with van der Waals surface area (Å²) in [6.45, 7) is 4.01. The van der Waals surface area contributed by atoms with Gasteiger partial charge in [-0.05, 0) is 12.3 Å².